The van der Waals surface area contributed by atoms with Gasteiger partial charge in [0.05, 0.1) is 0 Å². The summed E-state index contributed by atoms with van der Waals surface area (Å²) >= 11 is 2.01. The normalized spacial score (nSPS) is 17.8. The quantitative estimate of drug-likeness (QED) is 0.645. The van der Waals surface area contributed by atoms with Crippen LogP contribution in [-0.2, 0) is 0 Å². The molecule has 2 heteroatoms. The molecule has 0 aliphatic carbocycles. The van der Waals surface area contributed by atoms with E-state index in [1.165, 1.54) is 17.1 Å². The van der Waals surface area contributed by atoms with Crippen LogP contribution in [-0.4, -0.2) is 11.5 Å². The van der Waals surface area contributed by atoms with Gasteiger partial charge in [0.15, 0.2) is 0 Å². The molecule has 1 aromatic rings. The standard InChI is InChI=1S/C9H11NS/c10-9-3-1-7(2-4-9)8-5-11-6-8/h1-4,8H,5-6,10H2. The lowest BCUT2D eigenvalue weighted by atomic mass is 10.0. The second-order valence-corrected chi connectivity index (χ2v) is 3.98. The first-order chi connectivity index (χ1) is 5.36. The molecule has 2 N–H and O–H groups in total. The molecule has 0 spiro atoms. The van der Waals surface area contributed by atoms with Gasteiger partial charge in [-0.3, -0.25) is 0 Å². The van der Waals surface area contributed by atoms with Crippen LogP contribution in [0.2, 0.25) is 0 Å². The van der Waals surface area contributed by atoms with Crippen molar-refractivity contribution in [3.63, 3.8) is 0 Å². The summed E-state index contributed by atoms with van der Waals surface area (Å²) in [6.07, 6.45) is 0. The van der Waals surface area contributed by atoms with Gasteiger partial charge >= 0.3 is 0 Å². The first-order valence-electron chi connectivity index (χ1n) is 3.79. The van der Waals surface area contributed by atoms with E-state index in [2.05, 4.69) is 12.1 Å². The number of thioether (sulfide) groups is 1. The molecule has 11 heavy (non-hydrogen) atoms. The fourth-order valence-corrected chi connectivity index (χ4v) is 2.05. The first kappa shape index (κ1) is 7.04. The zero-order chi connectivity index (χ0) is 7.68. The molecule has 1 aromatic carbocycles. The van der Waals surface area contributed by atoms with E-state index in [1.807, 2.05) is 23.9 Å². The minimum atomic E-state index is 0.792. The number of anilines is 1. The van der Waals surface area contributed by atoms with Gasteiger partial charge in [-0.2, -0.15) is 11.8 Å². The van der Waals surface area contributed by atoms with Crippen molar-refractivity contribution < 1.29 is 0 Å². The first-order valence-corrected chi connectivity index (χ1v) is 4.95. The summed E-state index contributed by atoms with van der Waals surface area (Å²) in [4.78, 5) is 0. The Labute approximate surface area is 71.0 Å². The number of nitrogen functional groups attached to an aromatic ring is 1. The third-order valence-electron chi connectivity index (χ3n) is 2.05. The fraction of sp³-hybridized carbons (Fsp3) is 0.333. The molecular weight excluding hydrogens is 154 g/mol. The van der Waals surface area contributed by atoms with Crippen molar-refractivity contribution in [1.29, 1.82) is 0 Å². The maximum atomic E-state index is 5.58. The predicted molar refractivity (Wildman–Crippen MR) is 50.9 cm³/mol. The van der Waals surface area contributed by atoms with E-state index >= 15 is 0 Å². The molecular formula is C9H11NS. The Balaban J connectivity index is 2.18. The molecule has 0 aromatic heterocycles. The Morgan fingerprint density at radius 1 is 1.18 bits per heavy atom. The van der Waals surface area contributed by atoms with E-state index in [-0.39, 0.29) is 0 Å². The van der Waals surface area contributed by atoms with Gasteiger partial charge in [-0.05, 0) is 17.7 Å². The van der Waals surface area contributed by atoms with Gasteiger partial charge in [-0.15, -0.1) is 0 Å². The van der Waals surface area contributed by atoms with Gasteiger partial charge < -0.3 is 5.73 Å². The summed E-state index contributed by atoms with van der Waals surface area (Å²) in [5.41, 5.74) is 7.89. The molecule has 0 atom stereocenters. The lowest BCUT2D eigenvalue weighted by Crippen LogP contribution is -2.15. The van der Waals surface area contributed by atoms with Crippen LogP contribution < -0.4 is 5.73 Å². The van der Waals surface area contributed by atoms with Crippen molar-refractivity contribution in [1.82, 2.24) is 0 Å². The maximum Gasteiger partial charge on any atom is 0.0314 e. The summed E-state index contributed by atoms with van der Waals surface area (Å²) in [5.74, 6) is 3.36. The molecule has 1 aliphatic heterocycles. The molecule has 0 bridgehead atoms. The molecule has 2 rings (SSSR count). The van der Waals surface area contributed by atoms with Crippen LogP contribution in [0.5, 0.6) is 0 Å². The van der Waals surface area contributed by atoms with E-state index in [9.17, 15) is 0 Å². The summed E-state index contributed by atoms with van der Waals surface area (Å²) < 4.78 is 0. The minimum Gasteiger partial charge on any atom is -0.399 e. The van der Waals surface area contributed by atoms with Gasteiger partial charge in [0.2, 0.25) is 0 Å². The van der Waals surface area contributed by atoms with Crippen LogP contribution in [0.1, 0.15) is 11.5 Å². The van der Waals surface area contributed by atoms with E-state index in [1.54, 1.807) is 0 Å². The second kappa shape index (κ2) is 2.78. The van der Waals surface area contributed by atoms with Crippen molar-refractivity contribution in [3.05, 3.63) is 29.8 Å². The SMILES string of the molecule is Nc1ccc(C2CSC2)cc1. The summed E-state index contributed by atoms with van der Waals surface area (Å²) in [7, 11) is 0. The van der Waals surface area contributed by atoms with Gasteiger partial charge in [-0.1, -0.05) is 12.1 Å². The van der Waals surface area contributed by atoms with Crippen LogP contribution in [0.25, 0.3) is 0 Å². The maximum absolute atomic E-state index is 5.58. The van der Waals surface area contributed by atoms with E-state index in [4.69, 9.17) is 5.73 Å². The average Bonchev–Trinajstić information content (AvgIpc) is 1.90. The van der Waals surface area contributed by atoms with E-state index in [0.29, 0.717) is 0 Å². The smallest absolute Gasteiger partial charge is 0.0314 e. The van der Waals surface area contributed by atoms with E-state index in [0.717, 1.165) is 11.6 Å². The van der Waals surface area contributed by atoms with Crippen LogP contribution in [0.4, 0.5) is 5.69 Å². The third kappa shape index (κ3) is 1.36. The van der Waals surface area contributed by atoms with Crippen molar-refractivity contribution in [2.24, 2.45) is 0 Å². The number of nitrogens with two attached hydrogens (primary N) is 1. The minimum absolute atomic E-state index is 0.792. The van der Waals surface area contributed by atoms with Crippen LogP contribution in [0, 0.1) is 0 Å². The highest BCUT2D eigenvalue weighted by Gasteiger charge is 2.19. The highest BCUT2D eigenvalue weighted by molar-refractivity contribution is 8.00. The molecule has 1 heterocycles. The Morgan fingerprint density at radius 3 is 2.27 bits per heavy atom. The monoisotopic (exact) mass is 165 g/mol. The highest BCUT2D eigenvalue weighted by atomic mass is 32.2. The van der Waals surface area contributed by atoms with Crippen molar-refractivity contribution in [3.8, 4) is 0 Å². The molecule has 1 aliphatic rings. The van der Waals surface area contributed by atoms with Gasteiger partial charge in [0.25, 0.3) is 0 Å². The van der Waals surface area contributed by atoms with Crippen molar-refractivity contribution in [2.75, 3.05) is 17.2 Å². The molecule has 1 nitrogen and oxygen atoms in total. The van der Waals surface area contributed by atoms with Crippen molar-refractivity contribution in [2.45, 2.75) is 5.92 Å². The van der Waals surface area contributed by atoms with Crippen LogP contribution in [0.15, 0.2) is 24.3 Å². The fourth-order valence-electron chi connectivity index (χ4n) is 1.20. The van der Waals surface area contributed by atoms with Crippen LogP contribution >= 0.6 is 11.8 Å². The summed E-state index contributed by atoms with van der Waals surface area (Å²) in [6, 6.07) is 8.25. The molecule has 1 fully saturated rings. The van der Waals surface area contributed by atoms with Gasteiger partial charge in [-0.25, -0.2) is 0 Å². The Morgan fingerprint density at radius 2 is 1.82 bits per heavy atom. The Bertz CT molecular complexity index is 238. The molecule has 0 radical (unpaired) electrons. The lowest BCUT2D eigenvalue weighted by Gasteiger charge is -2.25. The molecule has 0 saturated carbocycles. The molecule has 58 valence electrons. The lowest BCUT2D eigenvalue weighted by molar-refractivity contribution is 0.850. The summed E-state index contributed by atoms with van der Waals surface area (Å²) in [6.45, 7) is 0. The van der Waals surface area contributed by atoms with E-state index < -0.39 is 0 Å². The second-order valence-electron chi connectivity index (χ2n) is 2.90. The number of hydrogen-bond acceptors (Lipinski definition) is 2. The molecule has 1 saturated heterocycles. The highest BCUT2D eigenvalue weighted by Crippen LogP contribution is 2.33. The Hall–Kier alpha value is -0.630. The zero-order valence-electron chi connectivity index (χ0n) is 6.29. The Kier molecular flexibility index (Phi) is 1.78. The zero-order valence-corrected chi connectivity index (χ0v) is 7.10. The largest absolute Gasteiger partial charge is 0.399 e. The summed E-state index contributed by atoms with van der Waals surface area (Å²) in [5, 5.41) is 0. The van der Waals surface area contributed by atoms with Crippen LogP contribution in [0.3, 0.4) is 0 Å². The van der Waals surface area contributed by atoms with Crippen molar-refractivity contribution >= 4 is 17.4 Å². The topological polar surface area (TPSA) is 26.0 Å². The van der Waals surface area contributed by atoms with Gasteiger partial charge in [0, 0.05) is 23.1 Å². The third-order valence-corrected chi connectivity index (χ3v) is 3.32. The molecule has 0 amide bonds. The number of hydrogen-bond donors (Lipinski definition) is 1. The van der Waals surface area contributed by atoms with Gasteiger partial charge in [0.1, 0.15) is 0 Å². The number of benzene rings is 1. The molecule has 0 unspecified atom stereocenters. The number of rotatable bonds is 1. The predicted octanol–water partition coefficient (Wildman–Crippen LogP) is 2.10. The average molecular weight is 165 g/mol.